The van der Waals surface area contributed by atoms with Crippen LogP contribution in [0.5, 0.6) is 0 Å². The Morgan fingerprint density at radius 1 is 1.32 bits per heavy atom. The Labute approximate surface area is 164 Å². The van der Waals surface area contributed by atoms with Crippen LogP contribution < -0.4 is 5.32 Å². The van der Waals surface area contributed by atoms with Crippen LogP contribution in [-0.4, -0.2) is 42.0 Å². The number of hydrogen-bond donors (Lipinski definition) is 1. The van der Waals surface area contributed by atoms with Crippen molar-refractivity contribution in [1.29, 1.82) is 0 Å². The summed E-state index contributed by atoms with van der Waals surface area (Å²) in [5, 5.41) is 4.61. The lowest BCUT2D eigenvalue weighted by molar-refractivity contribution is -0.142. The van der Waals surface area contributed by atoms with Crippen molar-refractivity contribution in [2.45, 2.75) is 26.1 Å². The van der Waals surface area contributed by atoms with Crippen LogP contribution in [0.15, 0.2) is 29.6 Å². The van der Waals surface area contributed by atoms with Crippen molar-refractivity contribution in [2.75, 3.05) is 25.5 Å². The van der Waals surface area contributed by atoms with E-state index in [1.54, 1.807) is 30.3 Å². The predicted octanol–water partition coefficient (Wildman–Crippen LogP) is 3.34. The molecule has 1 amide bonds. The summed E-state index contributed by atoms with van der Waals surface area (Å²) in [4.78, 5) is 29.3. The number of ether oxygens (including phenoxy) is 1. The summed E-state index contributed by atoms with van der Waals surface area (Å²) in [5.74, 6) is -0.752. The summed E-state index contributed by atoms with van der Waals surface area (Å²) in [6.07, 6.45) is -4.38. The van der Waals surface area contributed by atoms with E-state index in [0.29, 0.717) is 16.4 Å². The molecule has 28 heavy (non-hydrogen) atoms. The van der Waals surface area contributed by atoms with Crippen molar-refractivity contribution < 1.29 is 27.5 Å². The molecule has 0 bridgehead atoms. The zero-order valence-corrected chi connectivity index (χ0v) is 16.2. The molecule has 1 heterocycles. The average Bonchev–Trinajstić information content (AvgIpc) is 3.00. The minimum atomic E-state index is -4.40. The molecule has 152 valence electrons. The van der Waals surface area contributed by atoms with Crippen LogP contribution >= 0.6 is 11.3 Å². The molecule has 0 fully saturated rings. The number of carbonyl (C=O) groups excluding carboxylic acids is 2. The number of rotatable bonds is 8. The second-order valence-electron chi connectivity index (χ2n) is 6.04. The number of thiazole rings is 1. The van der Waals surface area contributed by atoms with Crippen molar-refractivity contribution in [3.63, 3.8) is 0 Å². The van der Waals surface area contributed by atoms with Gasteiger partial charge in [-0.05, 0) is 25.6 Å². The molecule has 2 rings (SSSR count). The molecule has 0 aliphatic rings. The number of aromatic nitrogens is 1. The fraction of sp³-hybridized carbons (Fsp3) is 0.389. The van der Waals surface area contributed by atoms with E-state index in [0.717, 1.165) is 12.1 Å². The summed E-state index contributed by atoms with van der Waals surface area (Å²) >= 11 is 1.18. The zero-order chi connectivity index (χ0) is 20.7. The van der Waals surface area contributed by atoms with Crippen LogP contribution in [-0.2, 0) is 33.5 Å². The number of alkyl halides is 3. The average molecular weight is 415 g/mol. The number of benzene rings is 1. The number of esters is 1. The first-order valence-electron chi connectivity index (χ1n) is 8.42. The maximum absolute atomic E-state index is 12.8. The van der Waals surface area contributed by atoms with Crippen LogP contribution in [0, 0.1) is 0 Å². The molecule has 1 N–H and O–H groups in total. The monoisotopic (exact) mass is 415 g/mol. The maximum Gasteiger partial charge on any atom is 0.416 e. The van der Waals surface area contributed by atoms with Crippen LogP contribution in [0.25, 0.3) is 0 Å². The maximum atomic E-state index is 12.8. The first kappa shape index (κ1) is 21.8. The van der Waals surface area contributed by atoms with E-state index in [2.05, 4.69) is 10.3 Å². The van der Waals surface area contributed by atoms with Crippen LogP contribution in [0.2, 0.25) is 0 Å². The second-order valence-corrected chi connectivity index (χ2v) is 6.90. The van der Waals surface area contributed by atoms with Crippen LogP contribution in [0.1, 0.15) is 23.7 Å². The lowest BCUT2D eigenvalue weighted by Crippen LogP contribution is -2.29. The third-order valence-electron chi connectivity index (χ3n) is 3.55. The van der Waals surface area contributed by atoms with Gasteiger partial charge in [-0.1, -0.05) is 18.2 Å². The SMILES string of the molecule is CCOC(=O)Cc1csc(NC(=O)CN(C)Cc2cccc(C(F)(F)F)c2)n1. The van der Waals surface area contributed by atoms with Gasteiger partial charge in [0.25, 0.3) is 0 Å². The van der Waals surface area contributed by atoms with Gasteiger partial charge >= 0.3 is 12.1 Å². The van der Waals surface area contributed by atoms with Gasteiger partial charge in [0.2, 0.25) is 5.91 Å². The molecule has 1 aromatic carbocycles. The molecule has 1 aromatic heterocycles. The number of nitrogens with zero attached hydrogens (tertiary/aromatic N) is 2. The van der Waals surface area contributed by atoms with Gasteiger partial charge in [-0.3, -0.25) is 14.5 Å². The number of nitrogens with one attached hydrogen (secondary N) is 1. The molecule has 0 saturated heterocycles. The molecule has 0 saturated carbocycles. The number of hydrogen-bond acceptors (Lipinski definition) is 6. The summed E-state index contributed by atoms with van der Waals surface area (Å²) in [5.41, 5.74) is 0.229. The highest BCUT2D eigenvalue weighted by Crippen LogP contribution is 2.29. The van der Waals surface area contributed by atoms with Gasteiger partial charge in [0.15, 0.2) is 5.13 Å². The first-order valence-corrected chi connectivity index (χ1v) is 9.30. The van der Waals surface area contributed by atoms with Gasteiger partial charge < -0.3 is 10.1 Å². The van der Waals surface area contributed by atoms with Crippen molar-refractivity contribution in [1.82, 2.24) is 9.88 Å². The molecule has 0 aliphatic carbocycles. The van der Waals surface area contributed by atoms with E-state index in [1.165, 1.54) is 17.4 Å². The molecule has 0 aliphatic heterocycles. The minimum Gasteiger partial charge on any atom is -0.466 e. The molecule has 2 aromatic rings. The third kappa shape index (κ3) is 6.93. The van der Waals surface area contributed by atoms with Crippen molar-refractivity contribution in [3.05, 3.63) is 46.5 Å². The van der Waals surface area contributed by atoms with E-state index in [-0.39, 0.29) is 32.0 Å². The fourth-order valence-electron chi connectivity index (χ4n) is 2.42. The summed E-state index contributed by atoms with van der Waals surface area (Å²) in [7, 11) is 1.63. The normalized spacial score (nSPS) is 11.5. The molecular weight excluding hydrogens is 395 g/mol. The molecule has 6 nitrogen and oxygen atoms in total. The largest absolute Gasteiger partial charge is 0.466 e. The number of halogens is 3. The minimum absolute atomic E-state index is 0.0235. The molecule has 0 spiro atoms. The van der Waals surface area contributed by atoms with E-state index in [1.807, 2.05) is 0 Å². The van der Waals surface area contributed by atoms with E-state index < -0.39 is 17.7 Å². The number of carbonyl (C=O) groups is 2. The molecular formula is C18H20F3N3O3S. The lowest BCUT2D eigenvalue weighted by atomic mass is 10.1. The van der Waals surface area contributed by atoms with E-state index >= 15 is 0 Å². The van der Waals surface area contributed by atoms with Gasteiger partial charge in [-0.25, -0.2) is 4.98 Å². The third-order valence-corrected chi connectivity index (χ3v) is 4.36. The number of anilines is 1. The van der Waals surface area contributed by atoms with E-state index in [4.69, 9.17) is 4.74 Å². The fourth-order valence-corrected chi connectivity index (χ4v) is 3.15. The Hall–Kier alpha value is -2.46. The first-order chi connectivity index (χ1) is 13.2. The molecule has 10 heteroatoms. The van der Waals surface area contributed by atoms with Gasteiger partial charge in [0, 0.05) is 11.9 Å². The highest BCUT2D eigenvalue weighted by Gasteiger charge is 2.30. The van der Waals surface area contributed by atoms with Crippen molar-refractivity contribution >= 4 is 28.3 Å². The Bertz CT molecular complexity index is 824. The predicted molar refractivity (Wildman–Crippen MR) is 98.9 cm³/mol. The Kier molecular flexibility index (Phi) is 7.53. The van der Waals surface area contributed by atoms with Gasteiger partial charge in [0.1, 0.15) is 0 Å². The lowest BCUT2D eigenvalue weighted by Gasteiger charge is -2.17. The number of amides is 1. The summed E-state index contributed by atoms with van der Waals surface area (Å²) in [6.45, 7) is 2.15. The smallest absolute Gasteiger partial charge is 0.416 e. The second kappa shape index (κ2) is 9.65. The van der Waals surface area contributed by atoms with Gasteiger partial charge in [-0.15, -0.1) is 11.3 Å². The van der Waals surface area contributed by atoms with Crippen LogP contribution in [0.4, 0.5) is 18.3 Å². The van der Waals surface area contributed by atoms with E-state index in [9.17, 15) is 22.8 Å². The standard InChI is InChI=1S/C18H20F3N3O3S/c1-3-27-16(26)8-14-11-28-17(22-14)23-15(25)10-24(2)9-12-5-4-6-13(7-12)18(19,20)21/h4-7,11H,3,8-10H2,1-2H3,(H,22,23,25). The topological polar surface area (TPSA) is 71.5 Å². The zero-order valence-electron chi connectivity index (χ0n) is 15.4. The van der Waals surface area contributed by atoms with Crippen LogP contribution in [0.3, 0.4) is 0 Å². The quantitative estimate of drug-likeness (QED) is 0.670. The number of likely N-dealkylation sites (N-methyl/N-ethyl adjacent to an activating group) is 1. The highest BCUT2D eigenvalue weighted by molar-refractivity contribution is 7.13. The highest BCUT2D eigenvalue weighted by atomic mass is 32.1. The molecule has 0 unspecified atom stereocenters. The Balaban J connectivity index is 1.86. The Morgan fingerprint density at radius 2 is 2.07 bits per heavy atom. The summed E-state index contributed by atoms with van der Waals surface area (Å²) < 4.78 is 43.1. The molecule has 0 radical (unpaired) electrons. The summed E-state index contributed by atoms with van der Waals surface area (Å²) in [6, 6.07) is 4.99. The Morgan fingerprint density at radius 3 is 2.75 bits per heavy atom. The van der Waals surface area contributed by atoms with Crippen molar-refractivity contribution in [2.24, 2.45) is 0 Å². The van der Waals surface area contributed by atoms with Gasteiger partial charge in [-0.2, -0.15) is 13.2 Å². The molecule has 0 atom stereocenters. The van der Waals surface area contributed by atoms with Gasteiger partial charge in [0.05, 0.1) is 30.8 Å². The van der Waals surface area contributed by atoms with Crippen molar-refractivity contribution in [3.8, 4) is 0 Å².